The van der Waals surface area contributed by atoms with Crippen molar-refractivity contribution < 1.29 is 4.39 Å². The predicted octanol–water partition coefficient (Wildman–Crippen LogP) is 2.42. The summed E-state index contributed by atoms with van der Waals surface area (Å²) in [6.07, 6.45) is 0.604. The van der Waals surface area contributed by atoms with Crippen LogP contribution in [0.25, 0.3) is 0 Å². The molecule has 1 aromatic heterocycles. The number of rotatable bonds is 3. The number of hydrogen-bond acceptors (Lipinski definition) is 2. The largest absolute Gasteiger partial charge is 0.324 e. The Balaban J connectivity index is 2.27. The molecule has 1 unspecified atom stereocenters. The first-order valence-corrected chi connectivity index (χ1v) is 5.99. The van der Waals surface area contributed by atoms with Crippen LogP contribution >= 0.6 is 0 Å². The number of nitrogens with two attached hydrogens (primary N) is 1. The van der Waals surface area contributed by atoms with Gasteiger partial charge < -0.3 is 5.73 Å². The van der Waals surface area contributed by atoms with Crippen molar-refractivity contribution in [2.24, 2.45) is 12.8 Å². The molecule has 0 amide bonds. The van der Waals surface area contributed by atoms with Crippen LogP contribution in [0.2, 0.25) is 0 Å². The highest BCUT2D eigenvalue weighted by Gasteiger charge is 2.16. The van der Waals surface area contributed by atoms with Crippen molar-refractivity contribution >= 4 is 0 Å². The monoisotopic (exact) mass is 247 g/mol. The third-order valence-corrected chi connectivity index (χ3v) is 3.39. The van der Waals surface area contributed by atoms with E-state index in [4.69, 9.17) is 5.73 Å². The molecule has 2 N–H and O–H groups in total. The van der Waals surface area contributed by atoms with E-state index >= 15 is 0 Å². The second-order valence-corrected chi connectivity index (χ2v) is 4.61. The molecule has 1 aromatic carbocycles. The minimum absolute atomic E-state index is 0.246. The average molecular weight is 247 g/mol. The van der Waals surface area contributed by atoms with Gasteiger partial charge in [-0.3, -0.25) is 4.68 Å². The Kier molecular flexibility index (Phi) is 3.48. The first kappa shape index (κ1) is 12.8. The molecule has 0 aliphatic rings. The highest BCUT2D eigenvalue weighted by atomic mass is 19.1. The standard InChI is InChI=1S/C14H18FN3/c1-9-12(10(2)18(3)17-9)8-14(16)11-6-4-5-7-13(11)15/h4-7,14H,8,16H2,1-3H3. The smallest absolute Gasteiger partial charge is 0.127 e. The molecule has 0 fully saturated rings. The molecule has 0 radical (unpaired) electrons. The molecule has 2 aromatic rings. The van der Waals surface area contributed by atoms with E-state index < -0.39 is 0 Å². The molecule has 1 heterocycles. The van der Waals surface area contributed by atoms with Crippen LogP contribution in [-0.4, -0.2) is 9.78 Å². The summed E-state index contributed by atoms with van der Waals surface area (Å²) in [5.41, 5.74) is 9.80. The zero-order valence-corrected chi connectivity index (χ0v) is 10.9. The van der Waals surface area contributed by atoms with E-state index in [9.17, 15) is 4.39 Å². The van der Waals surface area contributed by atoms with E-state index in [-0.39, 0.29) is 11.9 Å². The number of benzene rings is 1. The molecule has 0 aliphatic heterocycles. The minimum atomic E-state index is -0.340. The summed E-state index contributed by atoms with van der Waals surface area (Å²) >= 11 is 0. The number of aryl methyl sites for hydroxylation is 2. The zero-order valence-electron chi connectivity index (χ0n) is 10.9. The topological polar surface area (TPSA) is 43.8 Å². The molecule has 0 spiro atoms. The Labute approximate surface area is 106 Å². The van der Waals surface area contributed by atoms with Crippen LogP contribution in [0.3, 0.4) is 0 Å². The molecule has 0 saturated heterocycles. The van der Waals surface area contributed by atoms with Crippen LogP contribution in [0, 0.1) is 19.7 Å². The first-order valence-electron chi connectivity index (χ1n) is 5.99. The second-order valence-electron chi connectivity index (χ2n) is 4.61. The fourth-order valence-electron chi connectivity index (χ4n) is 2.22. The van der Waals surface area contributed by atoms with Gasteiger partial charge in [-0.15, -0.1) is 0 Å². The molecule has 0 bridgehead atoms. The van der Waals surface area contributed by atoms with Crippen molar-refractivity contribution in [3.8, 4) is 0 Å². The van der Waals surface area contributed by atoms with Gasteiger partial charge in [0, 0.05) is 24.3 Å². The van der Waals surface area contributed by atoms with Crippen LogP contribution in [0.1, 0.15) is 28.6 Å². The molecular formula is C14H18FN3. The van der Waals surface area contributed by atoms with Crippen LogP contribution < -0.4 is 5.73 Å². The molecule has 96 valence electrons. The van der Waals surface area contributed by atoms with E-state index in [1.807, 2.05) is 25.6 Å². The van der Waals surface area contributed by atoms with Crippen LogP contribution in [-0.2, 0) is 13.5 Å². The third-order valence-electron chi connectivity index (χ3n) is 3.39. The van der Waals surface area contributed by atoms with E-state index in [2.05, 4.69) is 5.10 Å². The summed E-state index contributed by atoms with van der Waals surface area (Å²) in [6.45, 7) is 3.96. The normalized spacial score (nSPS) is 12.7. The zero-order chi connectivity index (χ0) is 13.3. The number of aromatic nitrogens is 2. The van der Waals surface area contributed by atoms with Crippen molar-refractivity contribution in [1.82, 2.24) is 9.78 Å². The highest BCUT2D eigenvalue weighted by molar-refractivity contribution is 5.29. The summed E-state index contributed by atoms with van der Waals surface area (Å²) in [5, 5.41) is 4.35. The van der Waals surface area contributed by atoms with Crippen LogP contribution in [0.15, 0.2) is 24.3 Å². The Morgan fingerprint density at radius 2 is 2.00 bits per heavy atom. The lowest BCUT2D eigenvalue weighted by Crippen LogP contribution is -2.15. The lowest BCUT2D eigenvalue weighted by Gasteiger charge is -2.13. The second kappa shape index (κ2) is 4.90. The Hall–Kier alpha value is -1.68. The quantitative estimate of drug-likeness (QED) is 0.905. The van der Waals surface area contributed by atoms with Gasteiger partial charge in [-0.2, -0.15) is 5.10 Å². The molecular weight excluding hydrogens is 229 g/mol. The fourth-order valence-corrected chi connectivity index (χ4v) is 2.22. The van der Waals surface area contributed by atoms with Gasteiger partial charge in [-0.25, -0.2) is 4.39 Å². The molecule has 18 heavy (non-hydrogen) atoms. The van der Waals surface area contributed by atoms with Crippen molar-refractivity contribution in [3.05, 3.63) is 52.6 Å². The molecule has 2 rings (SSSR count). The summed E-state index contributed by atoms with van der Waals surface area (Å²) in [6, 6.07) is 6.32. The van der Waals surface area contributed by atoms with Crippen molar-refractivity contribution in [1.29, 1.82) is 0 Å². The summed E-state index contributed by atoms with van der Waals surface area (Å²) in [7, 11) is 1.90. The molecule has 4 heteroatoms. The summed E-state index contributed by atoms with van der Waals surface area (Å²) in [4.78, 5) is 0. The first-order chi connectivity index (χ1) is 8.50. The van der Waals surface area contributed by atoms with Gasteiger partial charge in [0.1, 0.15) is 5.82 Å². The fraction of sp³-hybridized carbons (Fsp3) is 0.357. The highest BCUT2D eigenvalue weighted by Crippen LogP contribution is 2.22. The molecule has 1 atom stereocenters. The molecule has 0 aliphatic carbocycles. The maximum Gasteiger partial charge on any atom is 0.127 e. The van der Waals surface area contributed by atoms with Gasteiger partial charge >= 0.3 is 0 Å². The number of halogens is 1. The average Bonchev–Trinajstić information content (AvgIpc) is 2.56. The van der Waals surface area contributed by atoms with E-state index in [1.54, 1.807) is 18.2 Å². The summed E-state index contributed by atoms with van der Waals surface area (Å²) in [5.74, 6) is -0.246. The molecule has 0 saturated carbocycles. The Morgan fingerprint density at radius 1 is 1.33 bits per heavy atom. The van der Waals surface area contributed by atoms with Crippen molar-refractivity contribution in [2.75, 3.05) is 0 Å². The number of nitrogens with zero attached hydrogens (tertiary/aromatic N) is 2. The Morgan fingerprint density at radius 3 is 2.56 bits per heavy atom. The van der Waals surface area contributed by atoms with E-state index in [1.165, 1.54) is 6.07 Å². The van der Waals surface area contributed by atoms with Gasteiger partial charge in [-0.05, 0) is 31.9 Å². The van der Waals surface area contributed by atoms with E-state index in [0.29, 0.717) is 12.0 Å². The van der Waals surface area contributed by atoms with Crippen molar-refractivity contribution in [2.45, 2.75) is 26.3 Å². The third kappa shape index (κ3) is 2.29. The van der Waals surface area contributed by atoms with Crippen molar-refractivity contribution in [3.63, 3.8) is 0 Å². The lowest BCUT2D eigenvalue weighted by atomic mass is 9.98. The molecule has 3 nitrogen and oxygen atoms in total. The maximum absolute atomic E-state index is 13.6. The maximum atomic E-state index is 13.6. The van der Waals surface area contributed by atoms with Gasteiger partial charge in [0.05, 0.1) is 5.69 Å². The van der Waals surface area contributed by atoms with Crippen LogP contribution in [0.4, 0.5) is 4.39 Å². The van der Waals surface area contributed by atoms with Gasteiger partial charge in [0.2, 0.25) is 0 Å². The predicted molar refractivity (Wildman–Crippen MR) is 69.7 cm³/mol. The SMILES string of the molecule is Cc1nn(C)c(C)c1CC(N)c1ccccc1F. The van der Waals surface area contributed by atoms with Gasteiger partial charge in [-0.1, -0.05) is 18.2 Å². The lowest BCUT2D eigenvalue weighted by molar-refractivity contribution is 0.579. The summed E-state index contributed by atoms with van der Waals surface area (Å²) < 4.78 is 15.5. The van der Waals surface area contributed by atoms with Crippen LogP contribution in [0.5, 0.6) is 0 Å². The number of hydrogen-bond donors (Lipinski definition) is 1. The minimum Gasteiger partial charge on any atom is -0.324 e. The van der Waals surface area contributed by atoms with Gasteiger partial charge in [0.25, 0.3) is 0 Å². The van der Waals surface area contributed by atoms with E-state index in [0.717, 1.165) is 17.0 Å². The Bertz CT molecular complexity index is 560. The van der Waals surface area contributed by atoms with Gasteiger partial charge in [0.15, 0.2) is 0 Å².